The van der Waals surface area contributed by atoms with Crippen molar-refractivity contribution in [2.75, 3.05) is 19.8 Å². The Morgan fingerprint density at radius 1 is 0.420 bits per heavy atom. The number of rotatable bonds is 41. The van der Waals surface area contributed by atoms with Crippen LogP contribution in [0.3, 0.4) is 0 Å². The number of unbranched alkanes of at least 4 members (excludes halogenated alkanes) is 28. The maximum absolute atomic E-state index is 12.6. The van der Waals surface area contributed by atoms with Gasteiger partial charge < -0.3 is 14.2 Å². The molecular weight excluding hydrogens is 620 g/mol. The first-order valence-electron chi connectivity index (χ1n) is 22.2. The molecule has 0 heterocycles. The van der Waals surface area contributed by atoms with Gasteiger partial charge >= 0.3 is 11.9 Å². The minimum Gasteiger partial charge on any atom is -0.462 e. The summed E-state index contributed by atoms with van der Waals surface area (Å²) in [7, 11) is 0. The van der Waals surface area contributed by atoms with Gasteiger partial charge in [-0.1, -0.05) is 200 Å². The van der Waals surface area contributed by atoms with Crippen molar-refractivity contribution in [3.8, 4) is 0 Å². The van der Waals surface area contributed by atoms with E-state index in [2.05, 4.69) is 32.9 Å². The second kappa shape index (κ2) is 42.1. The van der Waals surface area contributed by atoms with Crippen molar-refractivity contribution >= 4 is 11.9 Å². The third kappa shape index (κ3) is 39.4. The molecule has 0 aromatic rings. The molecule has 0 aliphatic heterocycles. The monoisotopic (exact) mass is 707 g/mol. The Hall–Kier alpha value is -1.36. The Morgan fingerprint density at radius 2 is 0.800 bits per heavy atom. The highest BCUT2D eigenvalue weighted by Gasteiger charge is 2.17. The molecule has 0 fully saturated rings. The first-order chi connectivity index (χ1) is 24.6. The Kier molecular flexibility index (Phi) is 40.9. The summed E-state index contributed by atoms with van der Waals surface area (Å²) in [5.74, 6) is -0.398. The van der Waals surface area contributed by atoms with Gasteiger partial charge in [0.1, 0.15) is 6.61 Å². The minimum atomic E-state index is -0.526. The molecule has 5 heteroatoms. The fourth-order valence-electron chi connectivity index (χ4n) is 6.43. The fraction of sp³-hybridized carbons (Fsp3) is 0.911. The third-order valence-electron chi connectivity index (χ3n) is 9.80. The van der Waals surface area contributed by atoms with Crippen LogP contribution in [0.2, 0.25) is 0 Å². The summed E-state index contributed by atoms with van der Waals surface area (Å²) in [6.45, 7) is 7.80. The highest BCUT2D eigenvalue weighted by Crippen LogP contribution is 2.15. The van der Waals surface area contributed by atoms with Crippen molar-refractivity contribution in [3.05, 3.63) is 12.2 Å². The van der Waals surface area contributed by atoms with E-state index in [9.17, 15) is 9.59 Å². The van der Waals surface area contributed by atoms with E-state index in [1.54, 1.807) is 0 Å². The topological polar surface area (TPSA) is 61.8 Å². The molecule has 0 bridgehead atoms. The van der Waals surface area contributed by atoms with Crippen molar-refractivity contribution in [2.24, 2.45) is 0 Å². The van der Waals surface area contributed by atoms with E-state index in [-0.39, 0.29) is 18.5 Å². The third-order valence-corrected chi connectivity index (χ3v) is 9.80. The molecule has 0 rings (SSSR count). The maximum atomic E-state index is 12.6. The number of ether oxygens (including phenoxy) is 3. The summed E-state index contributed by atoms with van der Waals surface area (Å²) in [4.78, 5) is 25.1. The van der Waals surface area contributed by atoms with Gasteiger partial charge in [0, 0.05) is 19.4 Å². The summed E-state index contributed by atoms with van der Waals surface area (Å²) in [6, 6.07) is 0. The Labute approximate surface area is 312 Å². The fourth-order valence-corrected chi connectivity index (χ4v) is 6.43. The van der Waals surface area contributed by atoms with E-state index in [0.29, 0.717) is 26.1 Å². The maximum Gasteiger partial charge on any atom is 0.306 e. The van der Waals surface area contributed by atoms with Crippen LogP contribution in [0.25, 0.3) is 0 Å². The molecule has 0 aromatic carbocycles. The van der Waals surface area contributed by atoms with Crippen molar-refractivity contribution in [1.82, 2.24) is 0 Å². The largest absolute Gasteiger partial charge is 0.462 e. The van der Waals surface area contributed by atoms with Crippen LogP contribution in [0.4, 0.5) is 0 Å². The molecule has 1 atom stereocenters. The van der Waals surface area contributed by atoms with Crippen LogP contribution in [0.15, 0.2) is 12.2 Å². The minimum absolute atomic E-state index is 0.0887. The smallest absolute Gasteiger partial charge is 0.306 e. The zero-order chi connectivity index (χ0) is 36.4. The molecule has 0 spiro atoms. The van der Waals surface area contributed by atoms with Crippen LogP contribution < -0.4 is 0 Å². The molecule has 0 aromatic heterocycles. The van der Waals surface area contributed by atoms with Crippen molar-refractivity contribution in [2.45, 2.75) is 245 Å². The normalized spacial score (nSPS) is 12.1. The summed E-state index contributed by atoms with van der Waals surface area (Å²) in [5, 5.41) is 0. The second-order valence-electron chi connectivity index (χ2n) is 15.0. The number of carbonyl (C=O) groups is 2. The van der Waals surface area contributed by atoms with Crippen LogP contribution >= 0.6 is 0 Å². The molecule has 0 aliphatic rings. The summed E-state index contributed by atoms with van der Waals surface area (Å²) in [5.41, 5.74) is 0. The number of hydrogen-bond acceptors (Lipinski definition) is 5. The zero-order valence-electron chi connectivity index (χ0n) is 33.9. The lowest BCUT2D eigenvalue weighted by Gasteiger charge is -2.18. The molecule has 5 nitrogen and oxygen atoms in total. The van der Waals surface area contributed by atoms with E-state index in [1.807, 2.05) is 0 Å². The van der Waals surface area contributed by atoms with Crippen molar-refractivity contribution < 1.29 is 23.8 Å². The van der Waals surface area contributed by atoms with Crippen molar-refractivity contribution in [1.29, 1.82) is 0 Å². The Bertz CT molecular complexity index is 720. The number of carbonyl (C=O) groups excluding carboxylic acids is 2. The van der Waals surface area contributed by atoms with Gasteiger partial charge in [-0.2, -0.15) is 0 Å². The van der Waals surface area contributed by atoms with Crippen LogP contribution in [-0.2, 0) is 23.8 Å². The van der Waals surface area contributed by atoms with Crippen LogP contribution in [0.1, 0.15) is 239 Å². The molecule has 0 saturated heterocycles. The standard InChI is InChI=1S/C45H86O5/c1-4-7-10-13-16-19-21-22-23-25-28-31-34-37-40-48-41-43(50-45(47)39-36-33-30-26-18-15-12-9-6-3)42-49-44(46)38-35-32-29-27-24-20-17-14-11-8-5-2/h14,17,43H,4-13,15-16,18-42H2,1-3H3/b17-14-. The highest BCUT2D eigenvalue weighted by molar-refractivity contribution is 5.70. The number of allylic oxidation sites excluding steroid dienone is 2. The predicted octanol–water partition coefficient (Wildman–Crippen LogP) is 14.3. The molecule has 296 valence electrons. The van der Waals surface area contributed by atoms with Gasteiger partial charge in [-0.3, -0.25) is 9.59 Å². The average molecular weight is 707 g/mol. The lowest BCUT2D eigenvalue weighted by molar-refractivity contribution is -0.163. The van der Waals surface area contributed by atoms with Gasteiger partial charge in [0.2, 0.25) is 0 Å². The van der Waals surface area contributed by atoms with Gasteiger partial charge in [-0.15, -0.1) is 0 Å². The van der Waals surface area contributed by atoms with Gasteiger partial charge in [-0.25, -0.2) is 0 Å². The molecule has 1 unspecified atom stereocenters. The van der Waals surface area contributed by atoms with E-state index >= 15 is 0 Å². The van der Waals surface area contributed by atoms with E-state index < -0.39 is 6.10 Å². The lowest BCUT2D eigenvalue weighted by Crippen LogP contribution is -2.30. The summed E-state index contributed by atoms with van der Waals surface area (Å²) >= 11 is 0. The number of esters is 2. The van der Waals surface area contributed by atoms with Gasteiger partial charge in [0.25, 0.3) is 0 Å². The second-order valence-corrected chi connectivity index (χ2v) is 15.0. The first-order valence-corrected chi connectivity index (χ1v) is 22.2. The first kappa shape index (κ1) is 48.6. The molecular formula is C45H86O5. The SMILES string of the molecule is CCCC/C=C\CCCCCCCC(=O)OCC(COCCCCCCCCCCCCCCCC)OC(=O)CCCCCCCCCCC. The summed E-state index contributed by atoms with van der Waals surface area (Å²) < 4.78 is 17.3. The van der Waals surface area contributed by atoms with Gasteiger partial charge in [0.15, 0.2) is 6.10 Å². The molecule has 50 heavy (non-hydrogen) atoms. The van der Waals surface area contributed by atoms with Crippen LogP contribution in [0, 0.1) is 0 Å². The van der Waals surface area contributed by atoms with E-state index in [4.69, 9.17) is 14.2 Å². The Balaban J connectivity index is 4.18. The predicted molar refractivity (Wildman–Crippen MR) is 215 cm³/mol. The van der Waals surface area contributed by atoms with Crippen LogP contribution in [0.5, 0.6) is 0 Å². The molecule has 0 N–H and O–H groups in total. The quantitative estimate of drug-likeness (QED) is 0.0360. The highest BCUT2D eigenvalue weighted by atomic mass is 16.6. The van der Waals surface area contributed by atoms with E-state index in [1.165, 1.54) is 161 Å². The number of hydrogen-bond donors (Lipinski definition) is 0. The Morgan fingerprint density at radius 3 is 1.28 bits per heavy atom. The van der Waals surface area contributed by atoms with Gasteiger partial charge in [0.05, 0.1) is 6.61 Å². The molecule has 0 amide bonds. The molecule has 0 radical (unpaired) electrons. The van der Waals surface area contributed by atoms with Crippen LogP contribution in [-0.4, -0.2) is 37.9 Å². The van der Waals surface area contributed by atoms with E-state index in [0.717, 1.165) is 44.9 Å². The molecule has 0 aliphatic carbocycles. The average Bonchev–Trinajstić information content (AvgIpc) is 3.11. The van der Waals surface area contributed by atoms with Gasteiger partial charge in [-0.05, 0) is 38.5 Å². The van der Waals surface area contributed by atoms with Crippen molar-refractivity contribution in [3.63, 3.8) is 0 Å². The molecule has 0 saturated carbocycles. The zero-order valence-corrected chi connectivity index (χ0v) is 33.9. The lowest BCUT2D eigenvalue weighted by atomic mass is 10.0. The summed E-state index contributed by atoms with van der Waals surface area (Å²) in [6.07, 6.45) is 44.9.